The van der Waals surface area contributed by atoms with E-state index in [1.54, 1.807) is 12.1 Å². The van der Waals surface area contributed by atoms with Crippen LogP contribution in [0.15, 0.2) is 133 Å². The molecular formula is C52H52FNO7Si. The first-order valence-electron chi connectivity index (χ1n) is 21.1. The Hall–Kier alpha value is -6.28. The molecule has 1 fully saturated rings. The third-order valence-electron chi connectivity index (χ3n) is 10.9. The predicted octanol–water partition coefficient (Wildman–Crippen LogP) is 11.0. The lowest BCUT2D eigenvalue weighted by atomic mass is 9.77. The van der Waals surface area contributed by atoms with Crippen molar-refractivity contribution in [1.29, 1.82) is 0 Å². The van der Waals surface area contributed by atoms with Crippen LogP contribution in [-0.4, -0.2) is 38.6 Å². The summed E-state index contributed by atoms with van der Waals surface area (Å²) in [5.74, 6) is 2.21. The number of β-lactam (4-membered cyclic amide) rings is 1. The maximum Gasteiger partial charge on any atom is 0.303 e. The van der Waals surface area contributed by atoms with E-state index in [0.717, 1.165) is 39.1 Å². The molecule has 62 heavy (non-hydrogen) atoms. The maximum absolute atomic E-state index is 14.4. The fourth-order valence-corrected chi connectivity index (χ4v) is 8.34. The van der Waals surface area contributed by atoms with Crippen LogP contribution in [0.2, 0.25) is 19.6 Å². The molecule has 10 heteroatoms. The SMILES string of the molecule is CC(=O)OC[C@H]1CC=C[C@@H](c2cccc(-c3ccc([C@@H]4[C@@H](CC[C@H](OC(C)=O)c5ccc(F)cc5)C(=O)N4c4ccc(C#C[Si](C)(C)C)cc4)c(OCc4ccccc4)c3)c2)O1. The second-order valence-electron chi connectivity index (χ2n) is 16.8. The molecule has 5 atom stereocenters. The van der Waals surface area contributed by atoms with Crippen molar-refractivity contribution >= 4 is 31.6 Å². The van der Waals surface area contributed by atoms with Crippen LogP contribution in [0.4, 0.5) is 10.1 Å². The number of hydrogen-bond donors (Lipinski definition) is 0. The average molecular weight is 850 g/mol. The van der Waals surface area contributed by atoms with E-state index in [4.69, 9.17) is 18.9 Å². The van der Waals surface area contributed by atoms with Gasteiger partial charge in [-0.25, -0.2) is 4.39 Å². The number of carbonyl (C=O) groups is 3. The van der Waals surface area contributed by atoms with Crippen LogP contribution < -0.4 is 9.64 Å². The minimum atomic E-state index is -1.61. The van der Waals surface area contributed by atoms with Gasteiger partial charge in [0.05, 0.1) is 18.1 Å². The largest absolute Gasteiger partial charge is 0.489 e. The number of ether oxygens (including phenoxy) is 4. The minimum absolute atomic E-state index is 0.0602. The van der Waals surface area contributed by atoms with Crippen LogP contribution in [-0.2, 0) is 35.2 Å². The summed E-state index contributed by atoms with van der Waals surface area (Å²) in [5.41, 5.74) is 10.4. The molecule has 5 aromatic rings. The lowest BCUT2D eigenvalue weighted by Crippen LogP contribution is -2.55. The normalized spacial score (nSPS) is 18.8. The van der Waals surface area contributed by atoms with Crippen molar-refractivity contribution in [1.82, 2.24) is 0 Å². The molecule has 7 rings (SSSR count). The number of anilines is 1. The van der Waals surface area contributed by atoms with Gasteiger partial charge in [0.25, 0.3) is 0 Å². The second kappa shape index (κ2) is 19.6. The highest BCUT2D eigenvalue weighted by atomic mass is 28.3. The van der Waals surface area contributed by atoms with E-state index in [-0.39, 0.29) is 36.5 Å². The van der Waals surface area contributed by atoms with Gasteiger partial charge in [-0.1, -0.05) is 111 Å². The predicted molar refractivity (Wildman–Crippen MR) is 241 cm³/mol. The Kier molecular flexibility index (Phi) is 13.9. The number of rotatable bonds is 14. The van der Waals surface area contributed by atoms with Gasteiger partial charge in [0, 0.05) is 30.7 Å². The van der Waals surface area contributed by atoms with Crippen LogP contribution in [0.5, 0.6) is 5.75 Å². The van der Waals surface area contributed by atoms with Gasteiger partial charge in [0.15, 0.2) is 0 Å². The van der Waals surface area contributed by atoms with Gasteiger partial charge in [-0.2, -0.15) is 0 Å². The molecule has 318 valence electrons. The van der Waals surface area contributed by atoms with Gasteiger partial charge < -0.3 is 23.8 Å². The van der Waals surface area contributed by atoms with E-state index in [1.807, 2.05) is 95.9 Å². The lowest BCUT2D eigenvalue weighted by molar-refractivity contribution is -0.148. The highest BCUT2D eigenvalue weighted by Crippen LogP contribution is 2.50. The van der Waals surface area contributed by atoms with Gasteiger partial charge >= 0.3 is 11.9 Å². The maximum atomic E-state index is 14.4. The number of hydrogen-bond acceptors (Lipinski definition) is 7. The zero-order valence-corrected chi connectivity index (χ0v) is 36.8. The van der Waals surface area contributed by atoms with Crippen molar-refractivity contribution in [2.75, 3.05) is 11.5 Å². The highest BCUT2D eigenvalue weighted by molar-refractivity contribution is 6.83. The quantitative estimate of drug-likeness (QED) is 0.0361. The number of carbonyl (C=O) groups excluding carboxylic acids is 3. The highest BCUT2D eigenvalue weighted by Gasteiger charge is 2.50. The van der Waals surface area contributed by atoms with Gasteiger partial charge in [-0.3, -0.25) is 14.4 Å². The lowest BCUT2D eigenvalue weighted by Gasteiger charge is -2.48. The van der Waals surface area contributed by atoms with Crippen molar-refractivity contribution in [3.8, 4) is 28.3 Å². The Morgan fingerprint density at radius 3 is 2.32 bits per heavy atom. The minimum Gasteiger partial charge on any atom is -0.489 e. The number of amides is 1. The molecule has 0 aromatic heterocycles. The molecule has 0 bridgehead atoms. The van der Waals surface area contributed by atoms with Gasteiger partial charge in [0.2, 0.25) is 5.91 Å². The Morgan fingerprint density at radius 1 is 0.871 bits per heavy atom. The van der Waals surface area contributed by atoms with E-state index in [0.29, 0.717) is 37.2 Å². The Balaban J connectivity index is 1.25. The van der Waals surface area contributed by atoms with Crippen molar-refractivity contribution in [3.05, 3.63) is 167 Å². The summed E-state index contributed by atoms with van der Waals surface area (Å²) in [7, 11) is -1.61. The summed E-state index contributed by atoms with van der Waals surface area (Å²) < 4.78 is 38.0. The fourth-order valence-electron chi connectivity index (χ4n) is 7.82. The third-order valence-corrected chi connectivity index (χ3v) is 11.7. The summed E-state index contributed by atoms with van der Waals surface area (Å²) in [6.07, 6.45) is 4.26. The molecule has 2 aliphatic heterocycles. The molecule has 1 saturated heterocycles. The third kappa shape index (κ3) is 11.1. The molecule has 0 radical (unpaired) electrons. The van der Waals surface area contributed by atoms with Crippen LogP contribution in [0.1, 0.15) is 79.2 Å². The monoisotopic (exact) mass is 849 g/mol. The molecule has 0 spiro atoms. The summed E-state index contributed by atoms with van der Waals surface area (Å²) in [6, 6.07) is 37.5. The number of benzene rings is 5. The summed E-state index contributed by atoms with van der Waals surface area (Å²) in [5, 5.41) is 0. The topological polar surface area (TPSA) is 91.4 Å². The van der Waals surface area contributed by atoms with E-state index < -0.39 is 32.1 Å². The molecule has 1 amide bonds. The zero-order chi connectivity index (χ0) is 43.8. The standard InChI is InChI=1S/C52H52FNO7Si/c1-35(55)58-34-45-15-10-16-48(61-45)42-14-9-13-40(31-42)41-21-26-46(50(32-41)59-33-38-11-7-6-8-12-38)51-47(27-28-49(60-36(2)56)39-19-22-43(53)23-20-39)52(57)54(51)44-24-17-37(18-25-44)29-30-62(3,4)5/h6-14,16-26,31-32,45,47-49,51H,15,27-28,33-34H2,1-5H3/t45-,47-,48+,49+,51-/m1/s1. The molecule has 0 unspecified atom stereocenters. The van der Waals surface area contributed by atoms with E-state index in [1.165, 1.54) is 26.0 Å². The van der Waals surface area contributed by atoms with Crippen molar-refractivity contribution < 1.29 is 37.7 Å². The molecule has 2 aliphatic rings. The van der Waals surface area contributed by atoms with Crippen LogP contribution >= 0.6 is 0 Å². The van der Waals surface area contributed by atoms with Crippen LogP contribution in [0.3, 0.4) is 0 Å². The molecule has 0 saturated carbocycles. The first-order valence-corrected chi connectivity index (χ1v) is 24.6. The molecule has 0 aliphatic carbocycles. The zero-order valence-electron chi connectivity index (χ0n) is 35.8. The first-order chi connectivity index (χ1) is 29.8. The van der Waals surface area contributed by atoms with Gasteiger partial charge in [0.1, 0.15) is 45.1 Å². The number of halogens is 1. The average Bonchev–Trinajstić information content (AvgIpc) is 3.26. The van der Waals surface area contributed by atoms with E-state index in [9.17, 15) is 18.8 Å². The molecular weight excluding hydrogens is 798 g/mol. The van der Waals surface area contributed by atoms with Crippen LogP contribution in [0.25, 0.3) is 11.1 Å². The second-order valence-corrected chi connectivity index (χ2v) is 21.6. The van der Waals surface area contributed by atoms with Crippen LogP contribution in [0, 0.1) is 23.2 Å². The smallest absolute Gasteiger partial charge is 0.303 e. The number of esters is 2. The molecule has 0 N–H and O–H groups in total. The Bertz CT molecular complexity index is 2470. The van der Waals surface area contributed by atoms with E-state index >= 15 is 0 Å². The molecule has 8 nitrogen and oxygen atoms in total. The van der Waals surface area contributed by atoms with Crippen molar-refractivity contribution in [2.24, 2.45) is 5.92 Å². The van der Waals surface area contributed by atoms with Gasteiger partial charge in [-0.15, -0.1) is 5.54 Å². The summed E-state index contributed by atoms with van der Waals surface area (Å²) in [4.78, 5) is 40.0. The summed E-state index contributed by atoms with van der Waals surface area (Å²) >= 11 is 0. The van der Waals surface area contributed by atoms with Crippen molar-refractivity contribution in [2.45, 2.75) is 83.7 Å². The van der Waals surface area contributed by atoms with E-state index in [2.05, 4.69) is 49.3 Å². The molecule has 2 heterocycles. The summed E-state index contributed by atoms with van der Waals surface area (Å²) in [6.45, 7) is 9.83. The molecule has 5 aromatic carbocycles. The number of nitrogens with zero attached hydrogens (tertiary/aromatic N) is 1. The fraction of sp³-hybridized carbons (Fsp3) is 0.288. The Labute approximate surface area is 364 Å². The van der Waals surface area contributed by atoms with Crippen molar-refractivity contribution in [3.63, 3.8) is 0 Å². The Morgan fingerprint density at radius 2 is 1.61 bits per heavy atom. The van der Waals surface area contributed by atoms with Gasteiger partial charge in [-0.05, 0) is 95.6 Å². The first kappa shape index (κ1) is 43.8.